The number of carbonyl (C=O) groups is 2. The summed E-state index contributed by atoms with van der Waals surface area (Å²) in [4.78, 5) is 29.5. The smallest absolute Gasteiger partial charge is 0.152 e. The second-order valence-corrected chi connectivity index (χ2v) is 4.20. The molecule has 90 valence electrons. The molecule has 3 atom stereocenters. The Hall–Kier alpha value is 0.430. The second kappa shape index (κ2) is 10.9. The maximum atomic E-state index is 11.3. The zero-order valence-electron chi connectivity index (χ0n) is 9.01. The molecule has 0 fully saturated rings. The average Bonchev–Trinajstić information content (AvgIpc) is 2.29. The van der Waals surface area contributed by atoms with Crippen molar-refractivity contribution >= 4 is 46.3 Å². The maximum absolute atomic E-state index is 11.3. The number of hydrogen-bond donors (Lipinski definition) is 3. The maximum Gasteiger partial charge on any atom is 0.152 e. The molecule has 0 aromatic carbocycles. The number of carbonyl (C=O) groups excluding carboxylic acids is 2. The standard InChI is InChI=1S/C9H16O2S2.H3OP/c1-3-8(12)6(10)5-7(11)9(13)4-2;1-2/h8-9,12-13H,3-5H2,1-2H3;1H,2H2. The number of rotatable bonds is 6. The molecular formula is C9H19O3PS2. The fourth-order valence-corrected chi connectivity index (χ4v) is 1.05. The summed E-state index contributed by atoms with van der Waals surface area (Å²) >= 11 is 8.14. The van der Waals surface area contributed by atoms with Gasteiger partial charge in [0.15, 0.2) is 11.6 Å². The first kappa shape index (κ1) is 17.8. The predicted octanol–water partition coefficient (Wildman–Crippen LogP) is 1.70. The van der Waals surface area contributed by atoms with Gasteiger partial charge in [-0.3, -0.25) is 9.59 Å². The van der Waals surface area contributed by atoms with Gasteiger partial charge in [-0.15, -0.1) is 0 Å². The predicted molar refractivity (Wildman–Crippen MR) is 72.7 cm³/mol. The minimum Gasteiger partial charge on any atom is -0.380 e. The fraction of sp³-hybridized carbons (Fsp3) is 0.778. The number of hydrogen-bond acceptors (Lipinski definition) is 5. The molecule has 0 saturated carbocycles. The molecule has 0 aliphatic rings. The van der Waals surface area contributed by atoms with E-state index >= 15 is 0 Å². The van der Waals surface area contributed by atoms with Crippen LogP contribution in [-0.4, -0.2) is 27.0 Å². The van der Waals surface area contributed by atoms with E-state index in [1.807, 2.05) is 13.8 Å². The molecule has 0 aromatic rings. The molecule has 0 aromatic heterocycles. The quantitative estimate of drug-likeness (QED) is 0.391. The van der Waals surface area contributed by atoms with Crippen molar-refractivity contribution in [3.8, 4) is 0 Å². The minimum absolute atomic E-state index is 0.0238. The van der Waals surface area contributed by atoms with Crippen LogP contribution in [0, 0.1) is 0 Å². The van der Waals surface area contributed by atoms with Crippen molar-refractivity contribution in [2.45, 2.75) is 43.6 Å². The molecule has 6 heteroatoms. The third kappa shape index (κ3) is 8.26. The Kier molecular flexibility index (Phi) is 13.0. The van der Waals surface area contributed by atoms with Crippen molar-refractivity contribution in [3.63, 3.8) is 0 Å². The zero-order chi connectivity index (χ0) is 12.4. The first-order valence-corrected chi connectivity index (χ1v) is 6.25. The first-order chi connectivity index (χ1) is 7.02. The number of ketones is 2. The molecular weight excluding hydrogens is 251 g/mol. The van der Waals surface area contributed by atoms with Crippen molar-refractivity contribution in [2.24, 2.45) is 0 Å². The lowest BCUT2D eigenvalue weighted by molar-refractivity contribution is -0.126. The fourth-order valence-electron chi connectivity index (χ4n) is 0.863. The van der Waals surface area contributed by atoms with Crippen LogP contribution in [0.4, 0.5) is 0 Å². The van der Waals surface area contributed by atoms with E-state index in [4.69, 9.17) is 4.89 Å². The van der Waals surface area contributed by atoms with Gasteiger partial charge in [0.05, 0.1) is 16.9 Å². The molecule has 0 radical (unpaired) electrons. The summed E-state index contributed by atoms with van der Waals surface area (Å²) in [7, 11) is 1.42. The lowest BCUT2D eigenvalue weighted by atomic mass is 10.1. The molecule has 15 heavy (non-hydrogen) atoms. The van der Waals surface area contributed by atoms with Crippen molar-refractivity contribution < 1.29 is 14.5 Å². The van der Waals surface area contributed by atoms with E-state index in [0.29, 0.717) is 12.8 Å². The summed E-state index contributed by atoms with van der Waals surface area (Å²) < 4.78 is 0. The minimum atomic E-state index is -0.304. The molecule has 0 amide bonds. The Morgan fingerprint density at radius 1 is 1.07 bits per heavy atom. The Bertz CT molecular complexity index is 180. The van der Waals surface area contributed by atoms with Gasteiger partial charge in [0.1, 0.15) is 0 Å². The van der Waals surface area contributed by atoms with E-state index in [0.717, 1.165) is 0 Å². The third-order valence-corrected chi connectivity index (χ3v) is 3.17. The molecule has 0 saturated heterocycles. The van der Waals surface area contributed by atoms with Crippen LogP contribution in [0.25, 0.3) is 0 Å². The Morgan fingerprint density at radius 3 is 1.53 bits per heavy atom. The van der Waals surface area contributed by atoms with Crippen LogP contribution in [0.1, 0.15) is 33.1 Å². The monoisotopic (exact) mass is 270 g/mol. The lowest BCUT2D eigenvalue weighted by Gasteiger charge is -2.08. The summed E-state index contributed by atoms with van der Waals surface area (Å²) in [6.45, 7) is 3.75. The summed E-state index contributed by atoms with van der Waals surface area (Å²) in [5.74, 6) is -0.188. The highest BCUT2D eigenvalue weighted by Crippen LogP contribution is 2.10. The summed E-state index contributed by atoms with van der Waals surface area (Å²) in [6.07, 6.45) is 1.31. The molecule has 3 nitrogen and oxygen atoms in total. The van der Waals surface area contributed by atoms with Crippen LogP contribution in [0.2, 0.25) is 0 Å². The van der Waals surface area contributed by atoms with Gasteiger partial charge < -0.3 is 4.89 Å². The molecule has 3 unspecified atom stereocenters. The van der Waals surface area contributed by atoms with Gasteiger partial charge in [-0.25, -0.2) is 0 Å². The van der Waals surface area contributed by atoms with Gasteiger partial charge in [-0.05, 0) is 22.3 Å². The highest BCUT2D eigenvalue weighted by molar-refractivity contribution is 7.82. The Labute approximate surface area is 105 Å². The van der Waals surface area contributed by atoms with Crippen molar-refractivity contribution in [1.82, 2.24) is 0 Å². The van der Waals surface area contributed by atoms with E-state index in [1.54, 1.807) is 0 Å². The van der Waals surface area contributed by atoms with E-state index in [2.05, 4.69) is 25.3 Å². The summed E-state index contributed by atoms with van der Waals surface area (Å²) in [5, 5.41) is -0.609. The van der Waals surface area contributed by atoms with Crippen molar-refractivity contribution in [2.75, 3.05) is 0 Å². The highest BCUT2D eigenvalue weighted by atomic mass is 32.1. The molecule has 0 bridgehead atoms. The van der Waals surface area contributed by atoms with Crippen LogP contribution in [0.15, 0.2) is 0 Å². The highest BCUT2D eigenvalue weighted by Gasteiger charge is 2.19. The van der Waals surface area contributed by atoms with E-state index in [-0.39, 0.29) is 28.5 Å². The largest absolute Gasteiger partial charge is 0.380 e. The van der Waals surface area contributed by atoms with Gasteiger partial charge in [0.25, 0.3) is 0 Å². The van der Waals surface area contributed by atoms with Gasteiger partial charge in [-0.1, -0.05) is 13.8 Å². The Balaban J connectivity index is 0. The van der Waals surface area contributed by atoms with Crippen molar-refractivity contribution in [3.05, 3.63) is 0 Å². The zero-order valence-corrected chi connectivity index (χ0v) is 12.0. The number of Topliss-reactive ketones (excluding diaryl/α,β-unsaturated/α-hetero) is 2. The summed E-state index contributed by atoms with van der Waals surface area (Å²) in [5.41, 5.74) is 0. The van der Waals surface area contributed by atoms with Crippen LogP contribution in [0.3, 0.4) is 0 Å². The molecule has 0 aliphatic carbocycles. The van der Waals surface area contributed by atoms with Crippen LogP contribution in [0.5, 0.6) is 0 Å². The number of thiol groups is 2. The first-order valence-electron chi connectivity index (χ1n) is 4.70. The van der Waals surface area contributed by atoms with Gasteiger partial charge in [0.2, 0.25) is 0 Å². The van der Waals surface area contributed by atoms with E-state index in [1.165, 1.54) is 9.47 Å². The lowest BCUT2D eigenvalue weighted by Crippen LogP contribution is -2.22. The van der Waals surface area contributed by atoms with Gasteiger partial charge in [-0.2, -0.15) is 25.3 Å². The Morgan fingerprint density at radius 2 is 1.33 bits per heavy atom. The van der Waals surface area contributed by atoms with Gasteiger partial charge in [0, 0.05) is 0 Å². The molecule has 0 aliphatic heterocycles. The normalized spacial score (nSPS) is 13.5. The third-order valence-electron chi connectivity index (χ3n) is 1.87. The SMILES string of the molecule is CCC(S)C(=O)CC(=O)C(S)CC.OP. The average molecular weight is 270 g/mol. The van der Waals surface area contributed by atoms with Crippen molar-refractivity contribution in [1.29, 1.82) is 0 Å². The van der Waals surface area contributed by atoms with Crippen LogP contribution < -0.4 is 0 Å². The molecule has 0 rings (SSSR count). The summed E-state index contributed by atoms with van der Waals surface area (Å²) in [6, 6.07) is 0. The van der Waals surface area contributed by atoms with Crippen LogP contribution >= 0.6 is 34.7 Å². The van der Waals surface area contributed by atoms with E-state index < -0.39 is 0 Å². The van der Waals surface area contributed by atoms with Crippen LogP contribution in [-0.2, 0) is 9.59 Å². The molecule has 1 N–H and O–H groups in total. The molecule has 0 heterocycles. The topological polar surface area (TPSA) is 54.4 Å². The second-order valence-electron chi connectivity index (χ2n) is 2.96. The van der Waals surface area contributed by atoms with Gasteiger partial charge >= 0.3 is 0 Å². The molecule has 0 spiro atoms. The van der Waals surface area contributed by atoms with E-state index in [9.17, 15) is 9.59 Å².